The molecular formula is C10H16N2. The second kappa shape index (κ2) is 7.96. The van der Waals surface area contributed by atoms with Crippen molar-refractivity contribution in [3.8, 4) is 0 Å². The Morgan fingerprint density at radius 2 is 2.25 bits per heavy atom. The van der Waals surface area contributed by atoms with Gasteiger partial charge in [0, 0.05) is 25.0 Å². The largest absolute Gasteiger partial charge is 0.292 e. The Hall–Kier alpha value is -1.14. The first kappa shape index (κ1) is 10.9. The summed E-state index contributed by atoms with van der Waals surface area (Å²) in [5.41, 5.74) is 0. The first-order chi connectivity index (χ1) is 5.77. The van der Waals surface area contributed by atoms with E-state index in [0.717, 1.165) is 13.0 Å². The number of allylic oxidation sites excluding steroid dienone is 1. The van der Waals surface area contributed by atoms with Crippen molar-refractivity contribution in [3.05, 3.63) is 18.9 Å². The smallest absolute Gasteiger partial charge is 0.0391 e. The van der Waals surface area contributed by atoms with Crippen LogP contribution >= 0.6 is 0 Å². The molecule has 0 rings (SSSR count). The predicted octanol–water partition coefficient (Wildman–Crippen LogP) is 2.47. The Balaban J connectivity index is 3.50. The van der Waals surface area contributed by atoms with Gasteiger partial charge in [-0.1, -0.05) is 20.4 Å². The SMILES string of the molecule is C=CN=C=CC=NCCC(C)C. The van der Waals surface area contributed by atoms with E-state index in [1.807, 2.05) is 0 Å². The molecule has 0 aromatic heterocycles. The summed E-state index contributed by atoms with van der Waals surface area (Å²) in [5.74, 6) is 3.37. The zero-order valence-corrected chi connectivity index (χ0v) is 7.83. The van der Waals surface area contributed by atoms with Crippen LogP contribution in [0.25, 0.3) is 0 Å². The summed E-state index contributed by atoms with van der Waals surface area (Å²) in [5, 5.41) is 0. The van der Waals surface area contributed by atoms with Crippen LogP contribution in [0.2, 0.25) is 0 Å². The van der Waals surface area contributed by atoms with Crippen LogP contribution < -0.4 is 0 Å². The van der Waals surface area contributed by atoms with Crippen LogP contribution in [0.4, 0.5) is 0 Å². The van der Waals surface area contributed by atoms with Gasteiger partial charge in [0.05, 0.1) is 0 Å². The molecule has 0 amide bonds. The third-order valence-corrected chi connectivity index (χ3v) is 1.26. The molecule has 0 saturated carbocycles. The van der Waals surface area contributed by atoms with E-state index in [0.29, 0.717) is 5.92 Å². The summed E-state index contributed by atoms with van der Waals surface area (Å²) in [6, 6.07) is 0. The van der Waals surface area contributed by atoms with E-state index in [2.05, 4.69) is 36.3 Å². The van der Waals surface area contributed by atoms with E-state index in [1.165, 1.54) is 6.20 Å². The Bertz CT molecular complexity index is 196. The lowest BCUT2D eigenvalue weighted by Crippen LogP contribution is -1.89. The van der Waals surface area contributed by atoms with Crippen LogP contribution in [0.1, 0.15) is 20.3 Å². The Labute approximate surface area is 74.4 Å². The minimum absolute atomic E-state index is 0.716. The van der Waals surface area contributed by atoms with Gasteiger partial charge < -0.3 is 0 Å². The van der Waals surface area contributed by atoms with E-state index in [-0.39, 0.29) is 0 Å². The fourth-order valence-corrected chi connectivity index (χ4v) is 0.589. The molecule has 12 heavy (non-hydrogen) atoms. The molecule has 0 atom stereocenters. The highest BCUT2D eigenvalue weighted by atomic mass is 14.7. The molecule has 0 bridgehead atoms. The van der Waals surface area contributed by atoms with Gasteiger partial charge in [0.2, 0.25) is 0 Å². The van der Waals surface area contributed by atoms with Crippen LogP contribution in [0, 0.1) is 5.92 Å². The van der Waals surface area contributed by atoms with Gasteiger partial charge in [-0.2, -0.15) is 0 Å². The predicted molar refractivity (Wildman–Crippen MR) is 55.0 cm³/mol. The van der Waals surface area contributed by atoms with Crippen molar-refractivity contribution >= 4 is 12.1 Å². The molecular weight excluding hydrogens is 148 g/mol. The van der Waals surface area contributed by atoms with Gasteiger partial charge in [0.25, 0.3) is 0 Å². The quantitative estimate of drug-likeness (QED) is 0.558. The maximum atomic E-state index is 4.15. The molecule has 0 aromatic carbocycles. The lowest BCUT2D eigenvalue weighted by Gasteiger charge is -1.97. The first-order valence-electron chi connectivity index (χ1n) is 4.15. The van der Waals surface area contributed by atoms with Crippen molar-refractivity contribution < 1.29 is 0 Å². The fraction of sp³-hybridized carbons (Fsp3) is 0.500. The van der Waals surface area contributed by atoms with E-state index < -0.39 is 0 Å². The van der Waals surface area contributed by atoms with Crippen molar-refractivity contribution in [3.63, 3.8) is 0 Å². The molecule has 2 heteroatoms. The maximum Gasteiger partial charge on any atom is 0.0391 e. The minimum atomic E-state index is 0.716. The average Bonchev–Trinajstić information content (AvgIpc) is 2.02. The number of aliphatic imine (C=N–C) groups is 2. The zero-order chi connectivity index (χ0) is 9.23. The summed E-state index contributed by atoms with van der Waals surface area (Å²) < 4.78 is 0. The zero-order valence-electron chi connectivity index (χ0n) is 7.83. The van der Waals surface area contributed by atoms with Gasteiger partial charge in [-0.25, -0.2) is 4.99 Å². The monoisotopic (exact) mass is 164 g/mol. The summed E-state index contributed by atoms with van der Waals surface area (Å²) in [6.07, 6.45) is 5.97. The molecule has 0 aliphatic carbocycles. The molecule has 0 saturated heterocycles. The summed E-state index contributed by atoms with van der Waals surface area (Å²) in [4.78, 5) is 7.82. The molecule has 0 heterocycles. The second-order valence-electron chi connectivity index (χ2n) is 2.85. The summed E-state index contributed by atoms with van der Waals surface area (Å²) in [6.45, 7) is 8.67. The standard InChI is InChI=1S/C10H16N2/c1-4-11-7-5-8-12-9-6-10(2)3/h4-5,8,10H,1,6,9H2,2-3H3. The van der Waals surface area contributed by atoms with Crippen LogP contribution in [0.15, 0.2) is 28.8 Å². The maximum absolute atomic E-state index is 4.15. The van der Waals surface area contributed by atoms with E-state index in [1.54, 1.807) is 12.3 Å². The average molecular weight is 164 g/mol. The molecule has 0 unspecified atom stereocenters. The molecule has 0 spiro atoms. The molecule has 0 N–H and O–H groups in total. The Morgan fingerprint density at radius 3 is 2.83 bits per heavy atom. The highest BCUT2D eigenvalue weighted by Crippen LogP contribution is 1.97. The van der Waals surface area contributed by atoms with E-state index >= 15 is 0 Å². The highest BCUT2D eigenvalue weighted by molar-refractivity contribution is 5.83. The molecule has 0 aliphatic heterocycles. The van der Waals surface area contributed by atoms with E-state index in [9.17, 15) is 0 Å². The van der Waals surface area contributed by atoms with Crippen LogP contribution in [0.3, 0.4) is 0 Å². The number of hydrogen-bond acceptors (Lipinski definition) is 2. The van der Waals surface area contributed by atoms with Gasteiger partial charge >= 0.3 is 0 Å². The summed E-state index contributed by atoms with van der Waals surface area (Å²) in [7, 11) is 0. The van der Waals surface area contributed by atoms with E-state index in [4.69, 9.17) is 0 Å². The third kappa shape index (κ3) is 8.86. The van der Waals surface area contributed by atoms with Crippen molar-refractivity contribution in [2.75, 3.05) is 6.54 Å². The van der Waals surface area contributed by atoms with Crippen LogP contribution in [-0.2, 0) is 0 Å². The number of rotatable bonds is 5. The fourth-order valence-electron chi connectivity index (χ4n) is 0.589. The van der Waals surface area contributed by atoms with Crippen molar-refractivity contribution in [2.24, 2.45) is 15.9 Å². The molecule has 0 aliphatic rings. The van der Waals surface area contributed by atoms with Gasteiger partial charge in [-0.15, -0.1) is 0 Å². The lowest BCUT2D eigenvalue weighted by atomic mass is 10.1. The van der Waals surface area contributed by atoms with Crippen LogP contribution in [0.5, 0.6) is 0 Å². The van der Waals surface area contributed by atoms with Crippen LogP contribution in [-0.4, -0.2) is 18.6 Å². The third-order valence-electron chi connectivity index (χ3n) is 1.26. The highest BCUT2D eigenvalue weighted by Gasteiger charge is 1.88. The summed E-state index contributed by atoms with van der Waals surface area (Å²) >= 11 is 0. The van der Waals surface area contributed by atoms with Gasteiger partial charge in [0.15, 0.2) is 0 Å². The van der Waals surface area contributed by atoms with Crippen molar-refractivity contribution in [1.82, 2.24) is 0 Å². The molecule has 66 valence electrons. The van der Waals surface area contributed by atoms with Crippen molar-refractivity contribution in [1.29, 1.82) is 0 Å². The molecule has 0 radical (unpaired) electrons. The second-order valence-corrected chi connectivity index (χ2v) is 2.85. The normalized spacial score (nSPS) is 9.92. The molecule has 0 aromatic rings. The van der Waals surface area contributed by atoms with Gasteiger partial charge in [-0.05, 0) is 18.2 Å². The number of nitrogens with zero attached hydrogens (tertiary/aromatic N) is 2. The molecule has 0 fully saturated rings. The minimum Gasteiger partial charge on any atom is -0.292 e. The Kier molecular flexibility index (Phi) is 7.21. The lowest BCUT2D eigenvalue weighted by molar-refractivity contribution is 0.598. The van der Waals surface area contributed by atoms with Crippen molar-refractivity contribution in [2.45, 2.75) is 20.3 Å². The Morgan fingerprint density at radius 1 is 1.50 bits per heavy atom. The first-order valence-corrected chi connectivity index (χ1v) is 4.15. The number of hydrogen-bond donors (Lipinski definition) is 0. The van der Waals surface area contributed by atoms with Gasteiger partial charge in [0.1, 0.15) is 0 Å². The molecule has 2 nitrogen and oxygen atoms in total. The topological polar surface area (TPSA) is 24.7 Å². The van der Waals surface area contributed by atoms with Gasteiger partial charge in [-0.3, -0.25) is 4.99 Å².